The van der Waals surface area contributed by atoms with Crippen LogP contribution in [0.5, 0.6) is 0 Å². The molecule has 0 unspecified atom stereocenters. The van der Waals surface area contributed by atoms with Crippen molar-refractivity contribution in [3.8, 4) is 0 Å². The van der Waals surface area contributed by atoms with Crippen LogP contribution in [0.15, 0.2) is 22.7 Å². The molecule has 1 nitrogen and oxygen atoms in total. The summed E-state index contributed by atoms with van der Waals surface area (Å²) in [5.74, 6) is 0.703. The molecule has 1 aromatic rings. The molecule has 0 saturated heterocycles. The molecule has 0 spiro atoms. The van der Waals surface area contributed by atoms with Crippen molar-refractivity contribution in [1.82, 2.24) is 0 Å². The Morgan fingerprint density at radius 2 is 2.07 bits per heavy atom. The second-order valence-electron chi connectivity index (χ2n) is 4.24. The smallest absolute Gasteiger partial charge is 0.0334 e. The Labute approximate surface area is 106 Å². The van der Waals surface area contributed by atoms with Gasteiger partial charge in [-0.05, 0) is 42.9 Å². The first kappa shape index (κ1) is 13.0. The lowest BCUT2D eigenvalue weighted by Crippen LogP contribution is -2.27. The second-order valence-corrected chi connectivity index (χ2v) is 5.10. The first-order chi connectivity index (χ1) is 6.68. The van der Waals surface area contributed by atoms with Gasteiger partial charge in [-0.25, -0.2) is 0 Å². The fourth-order valence-corrected chi connectivity index (χ4v) is 2.71. The van der Waals surface area contributed by atoms with E-state index < -0.39 is 0 Å². The quantitative estimate of drug-likeness (QED) is 0.876. The molecule has 1 fully saturated rings. The summed E-state index contributed by atoms with van der Waals surface area (Å²) in [6, 6.07) is 6.66. The molecule has 2 N–H and O–H groups in total. The number of benzene rings is 1. The van der Waals surface area contributed by atoms with Crippen molar-refractivity contribution in [2.24, 2.45) is 11.7 Å². The van der Waals surface area contributed by atoms with Gasteiger partial charge < -0.3 is 5.73 Å². The molecule has 0 aromatic heterocycles. The van der Waals surface area contributed by atoms with Crippen LogP contribution in [0, 0.1) is 12.8 Å². The van der Waals surface area contributed by atoms with Crippen LogP contribution >= 0.6 is 28.3 Å². The van der Waals surface area contributed by atoms with Crippen molar-refractivity contribution in [2.75, 3.05) is 0 Å². The summed E-state index contributed by atoms with van der Waals surface area (Å²) in [5, 5.41) is 0. The minimum Gasteiger partial charge on any atom is -0.324 e. The van der Waals surface area contributed by atoms with Gasteiger partial charge in [-0.2, -0.15) is 0 Å². The first-order valence-electron chi connectivity index (χ1n) is 5.20. The number of hydrogen-bond acceptors (Lipinski definition) is 1. The van der Waals surface area contributed by atoms with E-state index in [1.165, 1.54) is 30.4 Å². The number of rotatable bonds is 2. The molecule has 0 amide bonds. The minimum absolute atomic E-state index is 0. The molecular formula is C12H17BrClN. The van der Waals surface area contributed by atoms with Crippen LogP contribution in [0.3, 0.4) is 0 Å². The third kappa shape index (κ3) is 2.74. The van der Waals surface area contributed by atoms with Gasteiger partial charge in [-0.3, -0.25) is 0 Å². The average Bonchev–Trinajstić information content (AvgIpc) is 2.00. The van der Waals surface area contributed by atoms with E-state index in [9.17, 15) is 0 Å². The van der Waals surface area contributed by atoms with Gasteiger partial charge in [0.2, 0.25) is 0 Å². The predicted molar refractivity (Wildman–Crippen MR) is 70.4 cm³/mol. The summed E-state index contributed by atoms with van der Waals surface area (Å²) in [7, 11) is 0. The lowest BCUT2D eigenvalue weighted by molar-refractivity contribution is 0.264. The largest absolute Gasteiger partial charge is 0.324 e. The van der Waals surface area contributed by atoms with E-state index >= 15 is 0 Å². The minimum atomic E-state index is 0. The second kappa shape index (κ2) is 5.33. The third-order valence-corrected chi connectivity index (χ3v) is 3.86. The van der Waals surface area contributed by atoms with Crippen molar-refractivity contribution in [2.45, 2.75) is 32.2 Å². The van der Waals surface area contributed by atoms with E-state index in [1.807, 2.05) is 0 Å². The van der Waals surface area contributed by atoms with Gasteiger partial charge in [-0.15, -0.1) is 12.4 Å². The van der Waals surface area contributed by atoms with Gasteiger partial charge >= 0.3 is 0 Å². The highest BCUT2D eigenvalue weighted by atomic mass is 79.9. The first-order valence-corrected chi connectivity index (χ1v) is 5.99. The summed E-state index contributed by atoms with van der Waals surface area (Å²) >= 11 is 3.59. The standard InChI is InChI=1S/C12H16BrN.ClH/c1-8-5-6-10(11(13)7-8)12(14)9-3-2-4-9;/h5-7,9,12H,2-4,14H2,1H3;1H/t12-;/m1./s1. The van der Waals surface area contributed by atoms with Crippen molar-refractivity contribution in [1.29, 1.82) is 0 Å². The number of halogens is 2. The Bertz CT molecular complexity index is 336. The van der Waals surface area contributed by atoms with Gasteiger partial charge in [0.25, 0.3) is 0 Å². The van der Waals surface area contributed by atoms with Crippen LogP contribution in [0.4, 0.5) is 0 Å². The molecule has 1 aromatic carbocycles. The molecule has 84 valence electrons. The van der Waals surface area contributed by atoms with Crippen LogP contribution in [0.1, 0.15) is 36.4 Å². The zero-order valence-electron chi connectivity index (χ0n) is 8.87. The maximum atomic E-state index is 6.22. The molecular weight excluding hydrogens is 273 g/mol. The van der Waals surface area contributed by atoms with Crippen molar-refractivity contribution in [3.63, 3.8) is 0 Å². The van der Waals surface area contributed by atoms with Gasteiger partial charge in [0.1, 0.15) is 0 Å². The van der Waals surface area contributed by atoms with Crippen LogP contribution in [-0.4, -0.2) is 0 Å². The molecule has 1 saturated carbocycles. The van der Waals surface area contributed by atoms with Gasteiger partial charge in [0.15, 0.2) is 0 Å². The average molecular weight is 291 g/mol. The lowest BCUT2D eigenvalue weighted by Gasteiger charge is -2.32. The maximum Gasteiger partial charge on any atom is 0.0334 e. The summed E-state index contributed by atoms with van der Waals surface area (Å²) in [4.78, 5) is 0. The Morgan fingerprint density at radius 1 is 1.40 bits per heavy atom. The maximum absolute atomic E-state index is 6.22. The summed E-state index contributed by atoms with van der Waals surface area (Å²) in [6.45, 7) is 2.10. The fourth-order valence-electron chi connectivity index (χ4n) is 1.96. The monoisotopic (exact) mass is 289 g/mol. The Morgan fingerprint density at radius 3 is 2.53 bits per heavy atom. The van der Waals surface area contributed by atoms with E-state index in [2.05, 4.69) is 41.1 Å². The van der Waals surface area contributed by atoms with Crippen molar-refractivity contribution < 1.29 is 0 Å². The number of aryl methyl sites for hydroxylation is 1. The molecule has 3 heteroatoms. The predicted octanol–water partition coefficient (Wildman–Crippen LogP) is 3.98. The van der Waals surface area contributed by atoms with Crippen molar-refractivity contribution in [3.05, 3.63) is 33.8 Å². The normalized spacial score (nSPS) is 17.8. The highest BCUT2D eigenvalue weighted by Crippen LogP contribution is 2.38. The molecule has 0 bridgehead atoms. The van der Waals surface area contributed by atoms with Crippen molar-refractivity contribution >= 4 is 28.3 Å². The summed E-state index contributed by atoms with van der Waals surface area (Å²) in [5.41, 5.74) is 8.76. The third-order valence-electron chi connectivity index (χ3n) is 3.17. The van der Waals surface area contributed by atoms with Crippen LogP contribution in [-0.2, 0) is 0 Å². The topological polar surface area (TPSA) is 26.0 Å². The fraction of sp³-hybridized carbons (Fsp3) is 0.500. The van der Waals surface area contributed by atoms with E-state index in [4.69, 9.17) is 5.73 Å². The highest BCUT2D eigenvalue weighted by Gasteiger charge is 2.26. The molecule has 0 aliphatic heterocycles. The van der Waals surface area contributed by atoms with E-state index in [0.717, 1.165) is 4.47 Å². The van der Waals surface area contributed by atoms with E-state index in [0.29, 0.717) is 5.92 Å². The molecule has 0 radical (unpaired) electrons. The van der Waals surface area contributed by atoms with E-state index in [-0.39, 0.29) is 18.4 Å². The summed E-state index contributed by atoms with van der Waals surface area (Å²) in [6.07, 6.45) is 3.94. The van der Waals surface area contributed by atoms with Crippen LogP contribution in [0.25, 0.3) is 0 Å². The molecule has 15 heavy (non-hydrogen) atoms. The Kier molecular flexibility index (Phi) is 4.63. The molecule has 0 heterocycles. The number of hydrogen-bond donors (Lipinski definition) is 1. The molecule has 1 aliphatic rings. The number of nitrogens with two attached hydrogens (primary N) is 1. The Hall–Kier alpha value is -0.0500. The summed E-state index contributed by atoms with van der Waals surface area (Å²) < 4.78 is 1.16. The van der Waals surface area contributed by atoms with Gasteiger partial charge in [-0.1, -0.05) is 34.5 Å². The zero-order chi connectivity index (χ0) is 10.1. The van der Waals surface area contributed by atoms with Gasteiger partial charge in [0, 0.05) is 10.5 Å². The van der Waals surface area contributed by atoms with Crippen LogP contribution < -0.4 is 5.73 Å². The van der Waals surface area contributed by atoms with Gasteiger partial charge in [0.05, 0.1) is 0 Å². The lowest BCUT2D eigenvalue weighted by atomic mass is 9.77. The molecule has 2 rings (SSSR count). The van der Waals surface area contributed by atoms with E-state index in [1.54, 1.807) is 0 Å². The molecule has 1 aliphatic carbocycles. The molecule has 1 atom stereocenters. The van der Waals surface area contributed by atoms with Crippen LogP contribution in [0.2, 0.25) is 0 Å². The SMILES string of the molecule is Cc1ccc([C@H](N)C2CCC2)c(Br)c1.Cl. The Balaban J connectivity index is 0.00000112. The zero-order valence-corrected chi connectivity index (χ0v) is 11.3. The highest BCUT2D eigenvalue weighted by molar-refractivity contribution is 9.10.